The molecule has 22 nitrogen and oxygen atoms in total. The number of nitrogens with zero attached hydrogens (tertiary/aromatic N) is 5. The van der Waals surface area contributed by atoms with Crippen LogP contribution in [0.5, 0.6) is 0 Å². The number of primary amides is 1. The second kappa shape index (κ2) is 14.7. The van der Waals surface area contributed by atoms with Crippen molar-refractivity contribution in [2.45, 2.75) is 75.3 Å². The number of hydrogen-bond donors (Lipinski definition) is 7. The van der Waals surface area contributed by atoms with Crippen molar-refractivity contribution in [1.82, 2.24) is 19.5 Å². The van der Waals surface area contributed by atoms with Crippen molar-refractivity contribution < 1.29 is 76.3 Å². The topological polar surface area (TPSA) is 338 Å². The van der Waals surface area contributed by atoms with Gasteiger partial charge in [0.1, 0.15) is 53.7 Å². The molecule has 0 aliphatic carbocycles. The number of nitrogens with two attached hydrogens (primary N) is 2. The van der Waals surface area contributed by atoms with Gasteiger partial charge in [0.15, 0.2) is 36.2 Å². The van der Waals surface area contributed by atoms with E-state index in [1.807, 2.05) is 0 Å². The van der Waals surface area contributed by atoms with E-state index in [2.05, 4.69) is 23.8 Å². The van der Waals surface area contributed by atoms with Crippen LogP contribution in [-0.4, -0.2) is 106 Å². The Morgan fingerprint density at radius 1 is 1.06 bits per heavy atom. The van der Waals surface area contributed by atoms with Gasteiger partial charge in [-0.3, -0.25) is 23.2 Å². The van der Waals surface area contributed by atoms with Gasteiger partial charge in [-0.25, -0.2) is 23.8 Å². The monoisotopic (exact) mass is 747 g/mol. The van der Waals surface area contributed by atoms with Gasteiger partial charge in [-0.15, -0.1) is 0 Å². The summed E-state index contributed by atoms with van der Waals surface area (Å²) in [7, 11) is -11.2. The fourth-order valence-corrected chi connectivity index (χ4v) is 7.57. The first kappa shape index (κ1) is 37.9. The SMILES string of the molecule is CCC(=O)C(C)c1cc[n+](C2OC(COP(=O)([O-])OP(=O)(O)OCC3OC(n4cnc5c(N)ncnc54)C(O)C3O)C(O)C2O)cc1C(N)=O. The summed E-state index contributed by atoms with van der Waals surface area (Å²) in [5.74, 6) is -1.67. The first-order chi connectivity index (χ1) is 23.4. The molecular weight excluding hydrogens is 712 g/mol. The van der Waals surface area contributed by atoms with Crippen molar-refractivity contribution in [1.29, 1.82) is 0 Å². The van der Waals surface area contributed by atoms with Gasteiger partial charge in [-0.2, -0.15) is 4.57 Å². The Bertz CT molecular complexity index is 1850. The third kappa shape index (κ3) is 7.77. The number of phosphoric ester groups is 2. The number of rotatable bonds is 14. The molecule has 274 valence electrons. The molecule has 2 fully saturated rings. The number of aromatic nitrogens is 5. The molecule has 11 atom stereocenters. The van der Waals surface area contributed by atoms with Crippen LogP contribution >= 0.6 is 15.6 Å². The molecule has 0 radical (unpaired) electrons. The summed E-state index contributed by atoms with van der Waals surface area (Å²) >= 11 is 0. The first-order valence-corrected chi connectivity index (χ1v) is 17.9. The summed E-state index contributed by atoms with van der Waals surface area (Å²) in [6.45, 7) is 1.30. The van der Waals surface area contributed by atoms with E-state index in [0.29, 0.717) is 5.56 Å². The van der Waals surface area contributed by atoms with E-state index in [-0.39, 0.29) is 34.7 Å². The molecule has 5 rings (SSSR count). The van der Waals surface area contributed by atoms with E-state index in [1.54, 1.807) is 13.8 Å². The van der Waals surface area contributed by atoms with Crippen molar-refractivity contribution in [2.75, 3.05) is 18.9 Å². The Labute approximate surface area is 282 Å². The van der Waals surface area contributed by atoms with E-state index in [9.17, 15) is 48.9 Å². The summed E-state index contributed by atoms with van der Waals surface area (Å²) in [4.78, 5) is 58.7. The number of fused-ring (bicyclic) bond motifs is 1. The van der Waals surface area contributed by atoms with Crippen molar-refractivity contribution in [3.8, 4) is 0 Å². The molecule has 50 heavy (non-hydrogen) atoms. The minimum absolute atomic E-state index is 0.0359. The predicted octanol–water partition coefficient (Wildman–Crippen LogP) is -2.57. The number of hydrogen-bond acceptors (Lipinski definition) is 18. The Morgan fingerprint density at radius 2 is 1.72 bits per heavy atom. The fraction of sp³-hybridized carbons (Fsp3) is 0.538. The maximum atomic E-state index is 12.5. The number of aliphatic hydroxyl groups is 4. The third-order valence-electron chi connectivity index (χ3n) is 8.21. The number of nitrogen functional groups attached to an aromatic ring is 1. The van der Waals surface area contributed by atoms with Crippen LogP contribution in [0.25, 0.3) is 11.2 Å². The molecule has 0 bridgehead atoms. The highest BCUT2D eigenvalue weighted by Gasteiger charge is 2.50. The third-order valence-corrected chi connectivity index (χ3v) is 10.8. The van der Waals surface area contributed by atoms with E-state index in [4.69, 9.17) is 25.5 Å². The zero-order valence-corrected chi connectivity index (χ0v) is 28.1. The number of anilines is 1. The smallest absolute Gasteiger partial charge is 0.478 e. The average molecular weight is 748 g/mol. The predicted molar refractivity (Wildman–Crippen MR) is 161 cm³/mol. The van der Waals surface area contributed by atoms with E-state index in [0.717, 1.165) is 6.33 Å². The summed E-state index contributed by atoms with van der Waals surface area (Å²) in [5.41, 5.74) is 11.9. The number of phosphoric acid groups is 2. The molecule has 9 N–H and O–H groups in total. The molecular formula is C26H35N7O15P2. The van der Waals surface area contributed by atoms with E-state index >= 15 is 0 Å². The average Bonchev–Trinajstić information content (AvgIpc) is 3.71. The van der Waals surface area contributed by atoms with Gasteiger partial charge in [-0.1, -0.05) is 13.8 Å². The Hall–Kier alpha value is -3.34. The van der Waals surface area contributed by atoms with Crippen molar-refractivity contribution in [3.63, 3.8) is 0 Å². The molecule has 0 saturated carbocycles. The molecule has 5 heterocycles. The number of carbonyl (C=O) groups is 2. The van der Waals surface area contributed by atoms with Gasteiger partial charge < -0.3 is 55.7 Å². The Balaban J connectivity index is 1.18. The van der Waals surface area contributed by atoms with Gasteiger partial charge in [-0.05, 0) is 5.56 Å². The fourth-order valence-electron chi connectivity index (χ4n) is 5.52. The molecule has 24 heteroatoms. The number of carbonyl (C=O) groups excluding carboxylic acids is 2. The lowest BCUT2D eigenvalue weighted by molar-refractivity contribution is -0.765. The lowest BCUT2D eigenvalue weighted by Gasteiger charge is -2.26. The van der Waals surface area contributed by atoms with Crippen LogP contribution in [0.4, 0.5) is 5.82 Å². The molecule has 11 unspecified atom stereocenters. The molecule has 2 aliphatic rings. The molecule has 1 amide bonds. The minimum atomic E-state index is -5.68. The number of imidazole rings is 1. The normalized spacial score (nSPS) is 29.8. The molecule has 0 spiro atoms. The van der Waals surface area contributed by atoms with Gasteiger partial charge in [0.2, 0.25) is 0 Å². The lowest BCUT2D eigenvalue weighted by Crippen LogP contribution is -2.46. The highest BCUT2D eigenvalue weighted by Crippen LogP contribution is 2.58. The van der Waals surface area contributed by atoms with Crippen molar-refractivity contribution in [3.05, 3.63) is 42.2 Å². The van der Waals surface area contributed by atoms with Crippen LogP contribution in [0.15, 0.2) is 31.1 Å². The van der Waals surface area contributed by atoms with Crippen LogP contribution in [0.1, 0.15) is 54.6 Å². The van der Waals surface area contributed by atoms with Gasteiger partial charge in [0, 0.05) is 18.4 Å². The van der Waals surface area contributed by atoms with Crippen LogP contribution in [0.3, 0.4) is 0 Å². The lowest BCUT2D eigenvalue weighted by atomic mass is 9.92. The number of pyridine rings is 1. The highest BCUT2D eigenvalue weighted by molar-refractivity contribution is 7.60. The molecule has 2 aliphatic heterocycles. The summed E-state index contributed by atoms with van der Waals surface area (Å²) in [6.07, 6.45) is -7.33. The van der Waals surface area contributed by atoms with Crippen LogP contribution in [0.2, 0.25) is 0 Å². The summed E-state index contributed by atoms with van der Waals surface area (Å²) in [6, 6.07) is 1.42. The zero-order valence-electron chi connectivity index (χ0n) is 26.3. The number of ketones is 1. The van der Waals surface area contributed by atoms with Gasteiger partial charge in [0.25, 0.3) is 20.0 Å². The largest absolute Gasteiger partial charge is 0.756 e. The number of ether oxygens (including phenoxy) is 2. The molecule has 3 aromatic heterocycles. The minimum Gasteiger partial charge on any atom is -0.756 e. The zero-order chi connectivity index (χ0) is 36.7. The first-order valence-electron chi connectivity index (χ1n) is 14.9. The second-order valence-corrected chi connectivity index (χ2v) is 14.4. The molecule has 2 saturated heterocycles. The van der Waals surface area contributed by atoms with Gasteiger partial charge >= 0.3 is 7.82 Å². The summed E-state index contributed by atoms with van der Waals surface area (Å²) in [5, 5.41) is 42.1. The van der Waals surface area contributed by atoms with Crippen LogP contribution in [-0.2, 0) is 36.8 Å². The Kier molecular flexibility index (Phi) is 11.2. The van der Waals surface area contributed by atoms with Crippen molar-refractivity contribution >= 4 is 44.3 Å². The van der Waals surface area contributed by atoms with E-state index < -0.39 is 89.8 Å². The number of amides is 1. The van der Waals surface area contributed by atoms with Crippen LogP contribution in [0, 0.1) is 0 Å². The van der Waals surface area contributed by atoms with E-state index in [1.165, 1.54) is 33.9 Å². The molecule has 3 aromatic rings. The summed E-state index contributed by atoms with van der Waals surface area (Å²) < 4.78 is 52.0. The maximum Gasteiger partial charge on any atom is 0.478 e. The Morgan fingerprint density at radius 3 is 2.40 bits per heavy atom. The number of Topliss-reactive ketones (excluding diaryl/α,β-unsaturated/α-hetero) is 1. The van der Waals surface area contributed by atoms with Gasteiger partial charge in [0.05, 0.1) is 19.5 Å². The number of aliphatic hydroxyl groups excluding tert-OH is 4. The van der Waals surface area contributed by atoms with Crippen LogP contribution < -0.4 is 20.9 Å². The highest BCUT2D eigenvalue weighted by atomic mass is 31.3. The molecule has 0 aromatic carbocycles. The quantitative estimate of drug-likeness (QED) is 0.0658. The maximum absolute atomic E-state index is 12.5. The standard InChI is InChI=1S/C26H35N7O15P2/c1-3-14(34)11(2)12-4-5-32(6-13(12)23(28)39)25-20(37)18(35)15(46-25)7-44-49(40,41)48-50(42,43)45-8-16-19(36)21(38)26(47-16)33-10-31-17-22(27)29-9-30-24(17)33/h4-6,9-11,15-16,18-21,25-26,35-38H,3,7-8H2,1-2H3,(H5-,27,28,29,30,39,40,41,42,43). The second-order valence-electron chi connectivity index (χ2n) is 11.4. The van der Waals surface area contributed by atoms with Crippen molar-refractivity contribution in [2.24, 2.45) is 5.73 Å².